The van der Waals surface area contributed by atoms with Gasteiger partial charge in [-0.2, -0.15) is 0 Å². The molecule has 1 unspecified atom stereocenters. The predicted molar refractivity (Wildman–Crippen MR) is 89.5 cm³/mol. The number of amides is 1. The van der Waals surface area contributed by atoms with E-state index in [0.29, 0.717) is 18.0 Å². The minimum atomic E-state index is -0.304. The Morgan fingerprint density at radius 3 is 3.12 bits per heavy atom. The highest BCUT2D eigenvalue weighted by Gasteiger charge is 2.19. The maximum Gasteiger partial charge on any atom is 0.270 e. The third-order valence-corrected chi connectivity index (χ3v) is 3.64. The first-order valence-electron chi connectivity index (χ1n) is 7.82. The van der Waals surface area contributed by atoms with E-state index in [1.807, 2.05) is 12.4 Å². The second-order valence-corrected chi connectivity index (χ2v) is 5.42. The van der Waals surface area contributed by atoms with Crippen molar-refractivity contribution in [1.82, 2.24) is 25.5 Å². The first-order chi connectivity index (χ1) is 11.7. The van der Waals surface area contributed by atoms with E-state index in [2.05, 4.69) is 32.4 Å². The number of carbonyl (C=O) groups is 1. The first kappa shape index (κ1) is 15.9. The Morgan fingerprint density at radius 2 is 2.38 bits per heavy atom. The zero-order valence-corrected chi connectivity index (χ0v) is 13.4. The van der Waals surface area contributed by atoms with Crippen LogP contribution in [0.25, 0.3) is 11.5 Å². The summed E-state index contributed by atoms with van der Waals surface area (Å²) in [5, 5.41) is 6.07. The van der Waals surface area contributed by atoms with Crippen molar-refractivity contribution in [1.29, 1.82) is 0 Å². The van der Waals surface area contributed by atoms with Gasteiger partial charge in [-0.25, -0.2) is 9.97 Å². The highest BCUT2D eigenvalue weighted by atomic mass is 16.3. The Labute approximate surface area is 139 Å². The molecular weight excluding hydrogens is 308 g/mol. The number of furan rings is 1. The van der Waals surface area contributed by atoms with Gasteiger partial charge in [0.1, 0.15) is 17.6 Å². The zero-order chi connectivity index (χ0) is 16.9. The minimum Gasteiger partial charge on any atom is -0.463 e. The number of aromatic nitrogens is 2. The topological polar surface area (TPSA) is 109 Å². The average molecular weight is 328 g/mol. The summed E-state index contributed by atoms with van der Waals surface area (Å²) in [6, 6.07) is 5.06. The fourth-order valence-corrected chi connectivity index (χ4v) is 2.53. The second-order valence-electron chi connectivity index (χ2n) is 5.42. The summed E-state index contributed by atoms with van der Waals surface area (Å²) in [4.78, 5) is 22.6. The van der Waals surface area contributed by atoms with Gasteiger partial charge < -0.3 is 25.7 Å². The van der Waals surface area contributed by atoms with Crippen LogP contribution in [0, 0.1) is 0 Å². The highest BCUT2D eigenvalue weighted by molar-refractivity contribution is 5.93. The van der Waals surface area contributed by atoms with Gasteiger partial charge in [-0.3, -0.25) is 4.79 Å². The molecule has 8 heteroatoms. The van der Waals surface area contributed by atoms with Crippen molar-refractivity contribution in [3.63, 3.8) is 0 Å². The molecule has 1 amide bonds. The first-order valence-corrected chi connectivity index (χ1v) is 7.82. The zero-order valence-electron chi connectivity index (χ0n) is 13.4. The van der Waals surface area contributed by atoms with Crippen LogP contribution < -0.4 is 16.4 Å². The summed E-state index contributed by atoms with van der Waals surface area (Å²) in [5.74, 6) is 0.262. The van der Waals surface area contributed by atoms with Crippen LogP contribution in [-0.4, -0.2) is 40.0 Å². The molecule has 0 bridgehead atoms. The van der Waals surface area contributed by atoms with E-state index < -0.39 is 0 Å². The van der Waals surface area contributed by atoms with E-state index in [-0.39, 0.29) is 23.7 Å². The van der Waals surface area contributed by atoms with Gasteiger partial charge >= 0.3 is 0 Å². The molecule has 1 atom stereocenters. The van der Waals surface area contributed by atoms with E-state index in [1.54, 1.807) is 18.2 Å². The molecule has 3 heterocycles. The molecule has 0 saturated carbocycles. The van der Waals surface area contributed by atoms with E-state index in [9.17, 15) is 4.79 Å². The van der Waals surface area contributed by atoms with Gasteiger partial charge in [-0.1, -0.05) is 6.92 Å². The number of hydrogen-bond acceptors (Lipinski definition) is 7. The van der Waals surface area contributed by atoms with Crippen molar-refractivity contribution in [2.75, 3.05) is 18.8 Å². The van der Waals surface area contributed by atoms with E-state index in [0.717, 1.165) is 13.0 Å². The number of rotatable bonds is 6. The SMILES string of the molecule is CCCN1C=CNC1CNC(=O)c1cc(-c2ccco2)nc(N)n1. The smallest absolute Gasteiger partial charge is 0.270 e. The third kappa shape index (κ3) is 3.48. The predicted octanol–water partition coefficient (Wildman–Crippen LogP) is 1.16. The molecule has 0 radical (unpaired) electrons. The fraction of sp³-hybridized carbons (Fsp3) is 0.312. The molecule has 0 fully saturated rings. The molecular formula is C16H20N6O2. The van der Waals surface area contributed by atoms with Crippen LogP contribution in [0.4, 0.5) is 5.95 Å². The maximum atomic E-state index is 12.4. The number of nitrogens with zero attached hydrogens (tertiary/aromatic N) is 3. The lowest BCUT2D eigenvalue weighted by Gasteiger charge is -2.25. The van der Waals surface area contributed by atoms with Crippen LogP contribution >= 0.6 is 0 Å². The number of anilines is 1. The molecule has 0 spiro atoms. The van der Waals surface area contributed by atoms with Crippen LogP contribution in [0.3, 0.4) is 0 Å². The summed E-state index contributed by atoms with van der Waals surface area (Å²) >= 11 is 0. The van der Waals surface area contributed by atoms with E-state index >= 15 is 0 Å². The van der Waals surface area contributed by atoms with Crippen LogP contribution in [-0.2, 0) is 0 Å². The van der Waals surface area contributed by atoms with Crippen molar-refractivity contribution in [2.24, 2.45) is 0 Å². The van der Waals surface area contributed by atoms with Crippen molar-refractivity contribution in [2.45, 2.75) is 19.5 Å². The molecule has 2 aromatic heterocycles. The fourth-order valence-electron chi connectivity index (χ4n) is 2.53. The Hall–Kier alpha value is -3.03. The summed E-state index contributed by atoms with van der Waals surface area (Å²) in [7, 11) is 0. The second kappa shape index (κ2) is 7.03. The molecule has 1 aliphatic rings. The molecule has 4 N–H and O–H groups in total. The van der Waals surface area contributed by atoms with Gasteiger partial charge in [-0.15, -0.1) is 0 Å². The van der Waals surface area contributed by atoms with Crippen LogP contribution in [0.2, 0.25) is 0 Å². The van der Waals surface area contributed by atoms with Crippen molar-refractivity contribution >= 4 is 11.9 Å². The summed E-state index contributed by atoms with van der Waals surface area (Å²) in [6.45, 7) is 3.49. The number of nitrogens with one attached hydrogen (secondary N) is 2. The van der Waals surface area contributed by atoms with Gasteiger partial charge in [0.15, 0.2) is 5.76 Å². The normalized spacial score (nSPS) is 16.2. The minimum absolute atomic E-state index is 0.0299. The Kier molecular flexibility index (Phi) is 4.64. The molecule has 126 valence electrons. The lowest BCUT2D eigenvalue weighted by atomic mass is 10.2. The molecule has 2 aromatic rings. The maximum absolute atomic E-state index is 12.4. The quantitative estimate of drug-likeness (QED) is 0.730. The molecule has 0 saturated heterocycles. The Morgan fingerprint density at radius 1 is 1.50 bits per heavy atom. The van der Waals surface area contributed by atoms with Crippen LogP contribution in [0.15, 0.2) is 41.3 Å². The van der Waals surface area contributed by atoms with Gasteiger partial charge in [0.05, 0.1) is 12.8 Å². The van der Waals surface area contributed by atoms with E-state index in [1.165, 1.54) is 6.26 Å². The Balaban J connectivity index is 1.67. The molecule has 8 nitrogen and oxygen atoms in total. The van der Waals surface area contributed by atoms with Gasteiger partial charge in [0, 0.05) is 18.9 Å². The van der Waals surface area contributed by atoms with Crippen molar-refractivity contribution in [3.05, 3.63) is 42.6 Å². The van der Waals surface area contributed by atoms with Crippen LogP contribution in [0.1, 0.15) is 23.8 Å². The number of carbonyl (C=O) groups excluding carboxylic acids is 1. The van der Waals surface area contributed by atoms with Gasteiger partial charge in [0.2, 0.25) is 5.95 Å². The van der Waals surface area contributed by atoms with E-state index in [4.69, 9.17) is 10.2 Å². The van der Waals surface area contributed by atoms with Crippen molar-refractivity contribution < 1.29 is 9.21 Å². The molecule has 3 rings (SSSR count). The molecule has 1 aliphatic heterocycles. The largest absolute Gasteiger partial charge is 0.463 e. The summed E-state index contributed by atoms with van der Waals surface area (Å²) in [5.41, 5.74) is 6.40. The number of hydrogen-bond donors (Lipinski definition) is 3. The van der Waals surface area contributed by atoms with Crippen molar-refractivity contribution in [3.8, 4) is 11.5 Å². The Bertz CT molecular complexity index is 728. The summed E-state index contributed by atoms with van der Waals surface area (Å²) < 4.78 is 5.29. The standard InChI is InChI=1S/C16H20N6O2/c1-2-6-22-7-5-18-14(22)10-19-15(23)12-9-11(20-16(17)21-12)13-4-3-8-24-13/h3-5,7-9,14,18H,2,6,10H2,1H3,(H,19,23)(H2,17,20,21). The lowest BCUT2D eigenvalue weighted by Crippen LogP contribution is -2.45. The molecule has 0 aliphatic carbocycles. The number of nitrogen functional groups attached to an aromatic ring is 1. The monoisotopic (exact) mass is 328 g/mol. The van der Waals surface area contributed by atoms with Gasteiger partial charge in [0.25, 0.3) is 5.91 Å². The average Bonchev–Trinajstić information content (AvgIpc) is 3.24. The number of nitrogens with two attached hydrogens (primary N) is 1. The highest BCUT2D eigenvalue weighted by Crippen LogP contribution is 2.19. The molecule has 0 aromatic carbocycles. The third-order valence-electron chi connectivity index (χ3n) is 3.64. The summed E-state index contributed by atoms with van der Waals surface area (Å²) in [6.07, 6.45) is 6.47. The van der Waals surface area contributed by atoms with Crippen LogP contribution in [0.5, 0.6) is 0 Å². The lowest BCUT2D eigenvalue weighted by molar-refractivity contribution is 0.0935. The molecule has 24 heavy (non-hydrogen) atoms. The van der Waals surface area contributed by atoms with Gasteiger partial charge in [-0.05, 0) is 24.6 Å².